The fourth-order valence-electron chi connectivity index (χ4n) is 1.19. The molecule has 1 rings (SSSR count). The molecule has 0 radical (unpaired) electrons. The van der Waals surface area contributed by atoms with Crippen molar-refractivity contribution in [3.63, 3.8) is 0 Å². The fourth-order valence-corrected chi connectivity index (χ4v) is 1.42. The standard InChI is InChI=1S/C10H8ClF4NO2/c11-7-3-5(12)1-2-8(7)16-4-6(9(17)18)10(13,14)15/h1-3,6,16H,4H2,(H,17,18). The number of hydrogen-bond donors (Lipinski definition) is 2. The lowest BCUT2D eigenvalue weighted by molar-refractivity contribution is -0.190. The average Bonchev–Trinajstić information content (AvgIpc) is 2.18. The summed E-state index contributed by atoms with van der Waals surface area (Å²) in [5.74, 6) is -5.19. The van der Waals surface area contributed by atoms with Crippen LogP contribution in [0.1, 0.15) is 0 Å². The number of carboxylic acid groups (broad SMARTS) is 1. The summed E-state index contributed by atoms with van der Waals surface area (Å²) in [6.45, 7) is -0.885. The number of nitrogens with one attached hydrogen (secondary N) is 1. The minimum Gasteiger partial charge on any atom is -0.481 e. The van der Waals surface area contributed by atoms with Crippen molar-refractivity contribution in [2.24, 2.45) is 5.92 Å². The van der Waals surface area contributed by atoms with Gasteiger partial charge in [0.25, 0.3) is 0 Å². The predicted octanol–water partition coefficient (Wildman–Crippen LogP) is 3.15. The Morgan fingerprint density at radius 3 is 2.50 bits per heavy atom. The summed E-state index contributed by atoms with van der Waals surface area (Å²) in [5, 5.41) is 10.6. The molecule has 0 heterocycles. The van der Waals surface area contributed by atoms with E-state index in [1.165, 1.54) is 0 Å². The van der Waals surface area contributed by atoms with Gasteiger partial charge in [0.2, 0.25) is 0 Å². The van der Waals surface area contributed by atoms with Crippen molar-refractivity contribution in [2.75, 3.05) is 11.9 Å². The molecule has 0 bridgehead atoms. The Morgan fingerprint density at radius 2 is 2.06 bits per heavy atom. The van der Waals surface area contributed by atoms with Crippen LogP contribution in [-0.2, 0) is 4.79 Å². The molecule has 1 atom stereocenters. The Balaban J connectivity index is 2.77. The maximum atomic E-state index is 12.7. The highest BCUT2D eigenvalue weighted by Gasteiger charge is 2.44. The van der Waals surface area contributed by atoms with E-state index in [1.54, 1.807) is 0 Å². The third-order valence-electron chi connectivity index (χ3n) is 2.12. The average molecular weight is 286 g/mol. The maximum absolute atomic E-state index is 12.7. The van der Waals surface area contributed by atoms with Crippen LogP contribution in [0, 0.1) is 11.7 Å². The molecule has 0 saturated heterocycles. The first-order valence-corrected chi connectivity index (χ1v) is 5.08. The van der Waals surface area contributed by atoms with Crippen molar-refractivity contribution < 1.29 is 27.5 Å². The van der Waals surface area contributed by atoms with E-state index in [0.29, 0.717) is 0 Å². The highest BCUT2D eigenvalue weighted by Crippen LogP contribution is 2.28. The van der Waals surface area contributed by atoms with Gasteiger partial charge in [-0.15, -0.1) is 0 Å². The van der Waals surface area contributed by atoms with E-state index in [1.807, 2.05) is 0 Å². The van der Waals surface area contributed by atoms with Crippen LogP contribution in [0.4, 0.5) is 23.2 Å². The number of alkyl halides is 3. The Morgan fingerprint density at radius 1 is 1.44 bits per heavy atom. The lowest BCUT2D eigenvalue weighted by Gasteiger charge is -2.17. The molecule has 0 aliphatic heterocycles. The summed E-state index contributed by atoms with van der Waals surface area (Å²) >= 11 is 5.58. The number of carbonyl (C=O) groups is 1. The van der Waals surface area contributed by atoms with Gasteiger partial charge in [-0.3, -0.25) is 4.79 Å². The van der Waals surface area contributed by atoms with Gasteiger partial charge in [-0.1, -0.05) is 11.6 Å². The van der Waals surface area contributed by atoms with Crippen LogP contribution in [0.3, 0.4) is 0 Å². The van der Waals surface area contributed by atoms with Crippen LogP contribution in [0.25, 0.3) is 0 Å². The quantitative estimate of drug-likeness (QED) is 0.836. The van der Waals surface area contributed by atoms with Gasteiger partial charge in [-0.25, -0.2) is 4.39 Å². The second kappa shape index (κ2) is 5.43. The smallest absolute Gasteiger partial charge is 0.403 e. The van der Waals surface area contributed by atoms with E-state index in [9.17, 15) is 22.4 Å². The molecular formula is C10H8ClF4NO2. The number of benzene rings is 1. The molecule has 0 spiro atoms. The second-order valence-corrected chi connectivity index (χ2v) is 3.84. The minimum absolute atomic E-state index is 0.0357. The molecule has 1 aromatic rings. The van der Waals surface area contributed by atoms with Gasteiger partial charge in [-0.2, -0.15) is 13.2 Å². The van der Waals surface area contributed by atoms with Crippen molar-refractivity contribution in [3.8, 4) is 0 Å². The molecule has 0 amide bonds. The predicted molar refractivity (Wildman–Crippen MR) is 57.1 cm³/mol. The molecule has 0 aromatic heterocycles. The van der Waals surface area contributed by atoms with Crippen LogP contribution in [0.15, 0.2) is 18.2 Å². The Bertz CT molecular complexity index is 450. The van der Waals surface area contributed by atoms with Crippen LogP contribution in [0.2, 0.25) is 5.02 Å². The van der Waals surface area contributed by atoms with Gasteiger partial charge in [0.15, 0.2) is 5.92 Å². The molecule has 0 aliphatic carbocycles. The lowest BCUT2D eigenvalue weighted by atomic mass is 10.1. The molecule has 3 nitrogen and oxygen atoms in total. The molecule has 0 aliphatic rings. The van der Waals surface area contributed by atoms with E-state index in [-0.39, 0.29) is 10.7 Å². The zero-order valence-corrected chi connectivity index (χ0v) is 9.52. The number of carboxylic acids is 1. The van der Waals surface area contributed by atoms with Gasteiger partial charge < -0.3 is 10.4 Å². The summed E-state index contributed by atoms with van der Waals surface area (Å²) in [6.07, 6.45) is -4.87. The van der Waals surface area contributed by atoms with Crippen LogP contribution in [0.5, 0.6) is 0 Å². The molecule has 8 heteroatoms. The Kier molecular flexibility index (Phi) is 4.39. The molecule has 1 aromatic carbocycles. The third kappa shape index (κ3) is 3.76. The minimum atomic E-state index is -4.87. The zero-order chi connectivity index (χ0) is 13.9. The van der Waals surface area contributed by atoms with E-state index in [0.717, 1.165) is 18.2 Å². The normalized spacial score (nSPS) is 13.2. The molecule has 100 valence electrons. The van der Waals surface area contributed by atoms with Gasteiger partial charge in [-0.05, 0) is 18.2 Å². The lowest BCUT2D eigenvalue weighted by Crippen LogP contribution is -2.36. The van der Waals surface area contributed by atoms with Crippen molar-refractivity contribution in [1.82, 2.24) is 0 Å². The number of anilines is 1. The fraction of sp³-hybridized carbons (Fsp3) is 0.300. The number of halogens is 5. The van der Waals surface area contributed by atoms with Crippen molar-refractivity contribution in [2.45, 2.75) is 6.18 Å². The first-order chi connectivity index (χ1) is 8.21. The topological polar surface area (TPSA) is 49.3 Å². The molecule has 0 fully saturated rings. The monoisotopic (exact) mass is 285 g/mol. The first-order valence-electron chi connectivity index (χ1n) is 4.70. The zero-order valence-electron chi connectivity index (χ0n) is 8.76. The van der Waals surface area contributed by atoms with Crippen molar-refractivity contribution >= 4 is 23.3 Å². The Hall–Kier alpha value is -1.50. The van der Waals surface area contributed by atoms with Crippen LogP contribution < -0.4 is 5.32 Å². The highest BCUT2D eigenvalue weighted by atomic mass is 35.5. The van der Waals surface area contributed by atoms with Gasteiger partial charge >= 0.3 is 12.1 Å². The summed E-state index contributed by atoms with van der Waals surface area (Å²) < 4.78 is 49.7. The number of hydrogen-bond acceptors (Lipinski definition) is 2. The summed E-state index contributed by atoms with van der Waals surface area (Å²) in [7, 11) is 0. The molecule has 0 saturated carbocycles. The Labute approximate surface area is 104 Å². The SMILES string of the molecule is O=C(O)C(CNc1ccc(F)cc1Cl)C(F)(F)F. The third-order valence-corrected chi connectivity index (χ3v) is 2.43. The number of aliphatic carboxylic acids is 1. The molecule has 18 heavy (non-hydrogen) atoms. The summed E-state index contributed by atoms with van der Waals surface area (Å²) in [4.78, 5) is 10.5. The van der Waals surface area contributed by atoms with Gasteiger partial charge in [0, 0.05) is 6.54 Å². The van der Waals surface area contributed by atoms with Crippen molar-refractivity contribution in [1.29, 1.82) is 0 Å². The van der Waals surface area contributed by atoms with Crippen LogP contribution in [-0.4, -0.2) is 23.8 Å². The molecule has 2 N–H and O–H groups in total. The van der Waals surface area contributed by atoms with E-state index in [2.05, 4.69) is 5.32 Å². The maximum Gasteiger partial charge on any atom is 0.403 e. The summed E-state index contributed by atoms with van der Waals surface area (Å²) in [6, 6.07) is 3.04. The van der Waals surface area contributed by atoms with E-state index in [4.69, 9.17) is 16.7 Å². The molecule has 1 unspecified atom stereocenters. The largest absolute Gasteiger partial charge is 0.481 e. The highest BCUT2D eigenvalue weighted by molar-refractivity contribution is 6.33. The number of rotatable bonds is 4. The van der Waals surface area contributed by atoms with E-state index < -0.39 is 30.4 Å². The van der Waals surface area contributed by atoms with Crippen molar-refractivity contribution in [3.05, 3.63) is 29.0 Å². The second-order valence-electron chi connectivity index (χ2n) is 3.44. The molecular weight excluding hydrogens is 278 g/mol. The van der Waals surface area contributed by atoms with Gasteiger partial charge in [0.05, 0.1) is 10.7 Å². The summed E-state index contributed by atoms with van der Waals surface area (Å²) in [5.41, 5.74) is 0.0357. The van der Waals surface area contributed by atoms with Gasteiger partial charge in [0.1, 0.15) is 5.82 Å². The van der Waals surface area contributed by atoms with Crippen LogP contribution >= 0.6 is 11.6 Å². The van der Waals surface area contributed by atoms with E-state index >= 15 is 0 Å². The first kappa shape index (κ1) is 14.6.